The number of piperazine rings is 1. The summed E-state index contributed by atoms with van der Waals surface area (Å²) in [4.78, 5) is 20.8. The highest BCUT2D eigenvalue weighted by Gasteiger charge is 2.27. The molecule has 0 atom stereocenters. The Labute approximate surface area is 214 Å². The second-order valence-electron chi connectivity index (χ2n) is 8.58. The Balaban J connectivity index is 0.00000385. The highest BCUT2D eigenvalue weighted by molar-refractivity contribution is 14.0. The minimum atomic E-state index is -0.140. The first-order valence-corrected chi connectivity index (χ1v) is 12.0. The lowest BCUT2D eigenvalue weighted by molar-refractivity contribution is -0.149. The van der Waals surface area contributed by atoms with Crippen LogP contribution in [0.3, 0.4) is 0 Å². The Bertz CT molecular complexity index is 750. The molecule has 1 heterocycles. The van der Waals surface area contributed by atoms with Crippen LogP contribution < -0.4 is 15.5 Å². The van der Waals surface area contributed by atoms with Gasteiger partial charge < -0.3 is 20.3 Å². The summed E-state index contributed by atoms with van der Waals surface area (Å²) in [6.07, 6.45) is 4.67. The number of ether oxygens (including phenoxy) is 1. The molecule has 2 fully saturated rings. The average Bonchev–Trinajstić information content (AvgIpc) is 2.82. The lowest BCUT2D eigenvalue weighted by Crippen LogP contribution is -2.48. The minimum absolute atomic E-state index is 0. The highest BCUT2D eigenvalue weighted by atomic mass is 127. The number of guanidine groups is 1. The average molecular weight is 576 g/mol. The topological polar surface area (TPSA) is 69.2 Å². The summed E-state index contributed by atoms with van der Waals surface area (Å²) in [6.45, 7) is 7.78. The number of carbonyl (C=O) groups is 1. The number of hydrogen-bond donors (Lipinski definition) is 2. The number of para-hydroxylation sites is 1. The summed E-state index contributed by atoms with van der Waals surface area (Å²) < 4.78 is 19.1. The summed E-state index contributed by atoms with van der Waals surface area (Å²) in [5.41, 5.74) is 0.708. The molecule has 186 valence electrons. The van der Waals surface area contributed by atoms with Crippen LogP contribution in [0.25, 0.3) is 0 Å². The predicted molar refractivity (Wildman–Crippen MR) is 142 cm³/mol. The van der Waals surface area contributed by atoms with E-state index in [9.17, 15) is 9.18 Å². The minimum Gasteiger partial charge on any atom is -0.466 e. The van der Waals surface area contributed by atoms with Gasteiger partial charge in [-0.1, -0.05) is 12.1 Å². The number of benzene rings is 1. The molecule has 0 spiro atoms. The molecule has 1 aliphatic carbocycles. The lowest BCUT2D eigenvalue weighted by atomic mass is 9.86. The monoisotopic (exact) mass is 575 g/mol. The maximum Gasteiger partial charge on any atom is 0.308 e. The molecule has 1 aromatic carbocycles. The van der Waals surface area contributed by atoms with Crippen molar-refractivity contribution in [1.82, 2.24) is 15.5 Å². The van der Waals surface area contributed by atoms with Crippen molar-refractivity contribution in [3.63, 3.8) is 0 Å². The SMILES string of the molecule is CCOC(=O)C1CCC(NC(=NC)NCCCN2CCN(c3ccccc3F)CC2)CC1.I. The zero-order chi connectivity index (χ0) is 22.8. The molecule has 2 aliphatic rings. The number of halogens is 2. The third kappa shape index (κ3) is 8.59. The quantitative estimate of drug-likeness (QED) is 0.163. The molecule has 7 nitrogen and oxygen atoms in total. The highest BCUT2D eigenvalue weighted by Crippen LogP contribution is 2.25. The summed E-state index contributed by atoms with van der Waals surface area (Å²) in [5.74, 6) is 0.678. The van der Waals surface area contributed by atoms with Gasteiger partial charge in [-0.15, -0.1) is 24.0 Å². The second kappa shape index (κ2) is 14.6. The maximum atomic E-state index is 14.0. The van der Waals surface area contributed by atoms with Crippen LogP contribution in [0.5, 0.6) is 0 Å². The number of carbonyl (C=O) groups excluding carboxylic acids is 1. The van der Waals surface area contributed by atoms with Gasteiger partial charge in [0.2, 0.25) is 0 Å². The molecular weight excluding hydrogens is 536 g/mol. The van der Waals surface area contributed by atoms with Crippen LogP contribution in [0.4, 0.5) is 10.1 Å². The van der Waals surface area contributed by atoms with Gasteiger partial charge in [0, 0.05) is 45.8 Å². The number of nitrogens with zero attached hydrogens (tertiary/aromatic N) is 3. The normalized spacial score (nSPS) is 21.8. The standard InChI is InChI=1S/C24H38FN5O2.HI/c1-3-32-23(31)19-9-11-20(12-10-19)28-24(26-2)27-13-6-14-29-15-17-30(18-16-29)22-8-5-4-7-21(22)25;/h4-5,7-8,19-20H,3,6,9-18H2,1-2H3,(H2,26,27,28);1H. The number of esters is 1. The van der Waals surface area contributed by atoms with E-state index >= 15 is 0 Å². The lowest BCUT2D eigenvalue weighted by Gasteiger charge is -2.36. The number of hydrogen-bond acceptors (Lipinski definition) is 5. The third-order valence-electron chi connectivity index (χ3n) is 6.42. The van der Waals surface area contributed by atoms with Gasteiger partial charge in [0.1, 0.15) is 5.82 Å². The fraction of sp³-hybridized carbons (Fsp3) is 0.667. The van der Waals surface area contributed by atoms with E-state index in [1.165, 1.54) is 6.07 Å². The van der Waals surface area contributed by atoms with E-state index in [0.717, 1.165) is 77.3 Å². The van der Waals surface area contributed by atoms with Gasteiger partial charge in [0.25, 0.3) is 0 Å². The first-order chi connectivity index (χ1) is 15.6. The van der Waals surface area contributed by atoms with Gasteiger partial charge in [-0.2, -0.15) is 0 Å². The Morgan fingerprint density at radius 1 is 1.15 bits per heavy atom. The van der Waals surface area contributed by atoms with Crippen LogP contribution in [0.1, 0.15) is 39.0 Å². The number of rotatable bonds is 8. The van der Waals surface area contributed by atoms with Crippen LogP contribution >= 0.6 is 24.0 Å². The Hall–Kier alpha value is -1.62. The second-order valence-corrected chi connectivity index (χ2v) is 8.58. The maximum absolute atomic E-state index is 14.0. The largest absolute Gasteiger partial charge is 0.466 e. The van der Waals surface area contributed by atoms with Gasteiger partial charge in [0.05, 0.1) is 18.2 Å². The molecule has 0 unspecified atom stereocenters. The van der Waals surface area contributed by atoms with Crippen molar-refractivity contribution in [1.29, 1.82) is 0 Å². The molecule has 1 aliphatic heterocycles. The van der Waals surface area contributed by atoms with Crippen molar-refractivity contribution in [2.75, 3.05) is 57.8 Å². The van der Waals surface area contributed by atoms with Crippen LogP contribution in [0, 0.1) is 11.7 Å². The fourth-order valence-electron chi connectivity index (χ4n) is 4.55. The van der Waals surface area contributed by atoms with Crippen LogP contribution in [-0.2, 0) is 9.53 Å². The molecule has 1 saturated carbocycles. The van der Waals surface area contributed by atoms with E-state index in [0.29, 0.717) is 18.3 Å². The van der Waals surface area contributed by atoms with Gasteiger partial charge in [0.15, 0.2) is 5.96 Å². The zero-order valence-electron chi connectivity index (χ0n) is 19.9. The van der Waals surface area contributed by atoms with Crippen molar-refractivity contribution in [2.24, 2.45) is 10.9 Å². The molecule has 33 heavy (non-hydrogen) atoms. The molecule has 0 aromatic heterocycles. The molecule has 1 aromatic rings. The summed E-state index contributed by atoms with van der Waals surface area (Å²) >= 11 is 0. The fourth-order valence-corrected chi connectivity index (χ4v) is 4.55. The number of aliphatic imine (C=N–C) groups is 1. The number of nitrogens with one attached hydrogen (secondary N) is 2. The van der Waals surface area contributed by atoms with Crippen LogP contribution in [0.15, 0.2) is 29.3 Å². The molecule has 0 amide bonds. The summed E-state index contributed by atoms with van der Waals surface area (Å²) in [7, 11) is 1.79. The van der Waals surface area contributed by atoms with Crippen molar-refractivity contribution in [3.05, 3.63) is 30.1 Å². The van der Waals surface area contributed by atoms with E-state index in [4.69, 9.17) is 4.74 Å². The van der Waals surface area contributed by atoms with Gasteiger partial charge in [-0.05, 0) is 57.7 Å². The first kappa shape index (κ1) is 27.6. The Morgan fingerprint density at radius 2 is 1.85 bits per heavy atom. The Kier molecular flexibility index (Phi) is 12.2. The summed E-state index contributed by atoms with van der Waals surface area (Å²) in [6, 6.07) is 7.36. The van der Waals surface area contributed by atoms with Crippen molar-refractivity contribution >= 4 is 41.6 Å². The van der Waals surface area contributed by atoms with E-state index < -0.39 is 0 Å². The smallest absolute Gasteiger partial charge is 0.308 e. The predicted octanol–water partition coefficient (Wildman–Crippen LogP) is 3.24. The van der Waals surface area contributed by atoms with E-state index in [1.54, 1.807) is 13.1 Å². The van der Waals surface area contributed by atoms with E-state index in [2.05, 4.69) is 25.4 Å². The Morgan fingerprint density at radius 3 is 2.48 bits per heavy atom. The van der Waals surface area contributed by atoms with Gasteiger partial charge in [-0.25, -0.2) is 4.39 Å². The first-order valence-electron chi connectivity index (χ1n) is 12.0. The molecule has 0 bridgehead atoms. The van der Waals surface area contributed by atoms with Crippen molar-refractivity contribution in [3.8, 4) is 0 Å². The van der Waals surface area contributed by atoms with E-state index in [1.807, 2.05) is 19.1 Å². The van der Waals surface area contributed by atoms with Crippen molar-refractivity contribution < 1.29 is 13.9 Å². The molecule has 1 saturated heterocycles. The third-order valence-corrected chi connectivity index (χ3v) is 6.42. The number of anilines is 1. The molecule has 9 heteroatoms. The van der Waals surface area contributed by atoms with Gasteiger partial charge in [-0.3, -0.25) is 14.7 Å². The van der Waals surface area contributed by atoms with Crippen LogP contribution in [0.2, 0.25) is 0 Å². The zero-order valence-corrected chi connectivity index (χ0v) is 22.2. The molecule has 3 rings (SSSR count). The molecular formula is C24H39FIN5O2. The van der Waals surface area contributed by atoms with Crippen LogP contribution in [-0.4, -0.2) is 75.8 Å². The molecule has 0 radical (unpaired) electrons. The van der Waals surface area contributed by atoms with Gasteiger partial charge >= 0.3 is 5.97 Å². The van der Waals surface area contributed by atoms with Crippen molar-refractivity contribution in [2.45, 2.75) is 45.1 Å². The van der Waals surface area contributed by atoms with E-state index in [-0.39, 0.29) is 41.7 Å². The summed E-state index contributed by atoms with van der Waals surface area (Å²) in [5, 5.41) is 6.91. The molecule has 2 N–H and O–H groups in total.